The number of rotatable bonds is 3. The van der Waals surface area contributed by atoms with Crippen LogP contribution in [0, 0.1) is 6.92 Å². The Labute approximate surface area is 126 Å². The van der Waals surface area contributed by atoms with Crippen molar-refractivity contribution in [3.8, 4) is 0 Å². The number of hydrogen-bond acceptors (Lipinski definition) is 4. The Morgan fingerprint density at radius 3 is 2.30 bits per heavy atom. The second-order valence-electron chi connectivity index (χ2n) is 4.14. The first-order valence-corrected chi connectivity index (χ1v) is 7.73. The molecule has 1 heterocycles. The molecule has 5 nitrogen and oxygen atoms in total. The van der Waals surface area contributed by atoms with E-state index >= 15 is 0 Å². The summed E-state index contributed by atoms with van der Waals surface area (Å²) in [6.45, 7) is 1.85. The summed E-state index contributed by atoms with van der Waals surface area (Å²) in [5.74, 6) is 0.180. The summed E-state index contributed by atoms with van der Waals surface area (Å²) < 4.78 is 26.9. The normalized spacial score (nSPS) is 11.3. The molecule has 0 atom stereocenters. The zero-order valence-corrected chi connectivity index (χ0v) is 12.7. The number of nitrogens with one attached hydrogen (secondary N) is 1. The van der Waals surface area contributed by atoms with Crippen molar-refractivity contribution >= 4 is 44.7 Å². The summed E-state index contributed by atoms with van der Waals surface area (Å²) in [4.78, 5) is 3.74. The molecule has 0 aliphatic heterocycles. The fourth-order valence-corrected chi connectivity index (χ4v) is 3.80. The molecule has 0 unspecified atom stereocenters. The molecular weight excluding hydrogens is 321 g/mol. The van der Waals surface area contributed by atoms with E-state index in [1.54, 1.807) is 18.3 Å². The van der Waals surface area contributed by atoms with Gasteiger partial charge in [-0.15, -0.1) is 0 Å². The molecule has 2 aromatic rings. The molecule has 0 saturated carbocycles. The van der Waals surface area contributed by atoms with Gasteiger partial charge in [0.2, 0.25) is 0 Å². The summed E-state index contributed by atoms with van der Waals surface area (Å²) in [5.41, 5.74) is 6.74. The summed E-state index contributed by atoms with van der Waals surface area (Å²) in [5, 5.41) is -0.0933. The van der Waals surface area contributed by atoms with Gasteiger partial charge in [0.15, 0.2) is 0 Å². The standard InChI is InChI=1S/C12H11Cl2N3O2S/c1-7-2-3-11(16-6-7)17-20(18,19)12-9(13)4-8(15)5-10(12)14/h2-6H,15H2,1H3,(H,16,17). The van der Waals surface area contributed by atoms with Crippen molar-refractivity contribution in [1.82, 2.24) is 4.98 Å². The van der Waals surface area contributed by atoms with E-state index in [0.717, 1.165) is 5.56 Å². The van der Waals surface area contributed by atoms with E-state index in [2.05, 4.69) is 9.71 Å². The number of nitrogen functional groups attached to an aromatic ring is 1. The van der Waals surface area contributed by atoms with Gasteiger partial charge in [0.05, 0.1) is 10.0 Å². The number of sulfonamides is 1. The van der Waals surface area contributed by atoms with Crippen LogP contribution in [0.3, 0.4) is 0 Å². The SMILES string of the molecule is Cc1ccc(NS(=O)(=O)c2c(Cl)cc(N)cc2Cl)nc1. The Kier molecular flexibility index (Phi) is 4.08. The minimum Gasteiger partial charge on any atom is -0.399 e. The molecule has 106 valence electrons. The predicted molar refractivity (Wildman–Crippen MR) is 80.7 cm³/mol. The van der Waals surface area contributed by atoms with Gasteiger partial charge in [-0.2, -0.15) is 0 Å². The number of aryl methyl sites for hydroxylation is 1. The van der Waals surface area contributed by atoms with Gasteiger partial charge in [0.1, 0.15) is 10.7 Å². The van der Waals surface area contributed by atoms with E-state index in [0.29, 0.717) is 0 Å². The van der Waals surface area contributed by atoms with Crippen molar-refractivity contribution in [3.63, 3.8) is 0 Å². The summed E-state index contributed by atoms with van der Waals surface area (Å²) in [7, 11) is -3.94. The van der Waals surface area contributed by atoms with Crippen LogP contribution >= 0.6 is 23.2 Å². The lowest BCUT2D eigenvalue weighted by Crippen LogP contribution is -2.15. The van der Waals surface area contributed by atoms with Gasteiger partial charge in [0, 0.05) is 11.9 Å². The maximum absolute atomic E-state index is 12.3. The molecule has 20 heavy (non-hydrogen) atoms. The molecule has 0 radical (unpaired) electrons. The van der Waals surface area contributed by atoms with Crippen LogP contribution in [0.2, 0.25) is 10.0 Å². The van der Waals surface area contributed by atoms with Crippen LogP contribution < -0.4 is 10.5 Å². The van der Waals surface area contributed by atoms with E-state index in [4.69, 9.17) is 28.9 Å². The van der Waals surface area contributed by atoms with Crippen molar-refractivity contribution in [2.24, 2.45) is 0 Å². The lowest BCUT2D eigenvalue weighted by atomic mass is 10.3. The highest BCUT2D eigenvalue weighted by Gasteiger charge is 2.22. The number of anilines is 2. The Bertz CT molecular complexity index is 723. The number of halogens is 2. The van der Waals surface area contributed by atoms with Crippen LogP contribution in [-0.2, 0) is 10.0 Å². The molecule has 0 amide bonds. The van der Waals surface area contributed by atoms with E-state index in [-0.39, 0.29) is 26.4 Å². The molecule has 0 aliphatic carbocycles. The zero-order chi connectivity index (χ0) is 14.9. The first-order chi connectivity index (χ1) is 9.29. The maximum atomic E-state index is 12.3. The monoisotopic (exact) mass is 331 g/mol. The van der Waals surface area contributed by atoms with Gasteiger partial charge in [-0.3, -0.25) is 4.72 Å². The quantitative estimate of drug-likeness (QED) is 0.846. The van der Waals surface area contributed by atoms with Crippen molar-refractivity contribution in [3.05, 3.63) is 46.1 Å². The Hall–Kier alpha value is -1.50. The first kappa shape index (κ1) is 14.9. The molecule has 0 bridgehead atoms. The summed E-state index contributed by atoms with van der Waals surface area (Å²) >= 11 is 11.8. The lowest BCUT2D eigenvalue weighted by molar-refractivity contribution is 0.601. The second kappa shape index (κ2) is 5.47. The second-order valence-corrected chi connectivity index (χ2v) is 6.57. The summed E-state index contributed by atoms with van der Waals surface area (Å²) in [6, 6.07) is 5.93. The minimum atomic E-state index is -3.94. The highest BCUT2D eigenvalue weighted by molar-refractivity contribution is 7.93. The Balaban J connectivity index is 2.43. The van der Waals surface area contributed by atoms with Gasteiger partial charge < -0.3 is 5.73 Å². The molecule has 0 spiro atoms. The van der Waals surface area contributed by atoms with Crippen LogP contribution in [0.1, 0.15) is 5.56 Å². The third kappa shape index (κ3) is 3.15. The van der Waals surface area contributed by atoms with Crippen LogP contribution in [0.15, 0.2) is 35.4 Å². The molecule has 0 fully saturated rings. The maximum Gasteiger partial charge on any atom is 0.266 e. The highest BCUT2D eigenvalue weighted by atomic mass is 35.5. The predicted octanol–water partition coefficient (Wildman–Crippen LogP) is 3.08. The van der Waals surface area contributed by atoms with E-state index in [9.17, 15) is 8.42 Å². The van der Waals surface area contributed by atoms with Gasteiger partial charge in [-0.1, -0.05) is 29.3 Å². The smallest absolute Gasteiger partial charge is 0.266 e. The number of hydrogen-bond donors (Lipinski definition) is 2. The molecule has 0 saturated heterocycles. The molecule has 3 N–H and O–H groups in total. The number of nitrogens with zero attached hydrogens (tertiary/aromatic N) is 1. The van der Waals surface area contributed by atoms with Crippen molar-refractivity contribution < 1.29 is 8.42 Å². The largest absolute Gasteiger partial charge is 0.399 e. The first-order valence-electron chi connectivity index (χ1n) is 5.49. The van der Waals surface area contributed by atoms with Crippen LogP contribution in [0.25, 0.3) is 0 Å². The third-order valence-corrected chi connectivity index (χ3v) is 4.72. The van der Waals surface area contributed by atoms with Gasteiger partial charge >= 0.3 is 0 Å². The zero-order valence-electron chi connectivity index (χ0n) is 10.4. The lowest BCUT2D eigenvalue weighted by Gasteiger charge is -2.11. The molecule has 1 aromatic carbocycles. The van der Waals surface area contributed by atoms with Crippen molar-refractivity contribution in [2.45, 2.75) is 11.8 Å². The van der Waals surface area contributed by atoms with Crippen LogP contribution in [0.4, 0.5) is 11.5 Å². The fraction of sp³-hybridized carbons (Fsp3) is 0.0833. The molecule has 1 aromatic heterocycles. The fourth-order valence-electron chi connectivity index (χ4n) is 1.55. The molecule has 8 heteroatoms. The average Bonchev–Trinajstić information content (AvgIpc) is 2.30. The van der Waals surface area contributed by atoms with E-state index < -0.39 is 10.0 Å². The van der Waals surface area contributed by atoms with Crippen LogP contribution in [0.5, 0.6) is 0 Å². The number of nitrogens with two attached hydrogens (primary N) is 1. The van der Waals surface area contributed by atoms with E-state index in [1.165, 1.54) is 12.1 Å². The minimum absolute atomic E-state index is 0.0467. The summed E-state index contributed by atoms with van der Waals surface area (Å²) in [6.07, 6.45) is 1.55. The highest BCUT2D eigenvalue weighted by Crippen LogP contribution is 2.32. The number of benzene rings is 1. The molecule has 0 aliphatic rings. The number of aromatic nitrogens is 1. The van der Waals surface area contributed by atoms with Crippen LogP contribution in [-0.4, -0.2) is 13.4 Å². The van der Waals surface area contributed by atoms with E-state index in [1.807, 2.05) is 6.92 Å². The Morgan fingerprint density at radius 2 is 1.80 bits per heavy atom. The molecular formula is C12H11Cl2N3O2S. The average molecular weight is 332 g/mol. The van der Waals surface area contributed by atoms with Gasteiger partial charge in [0.25, 0.3) is 10.0 Å². The molecule has 2 rings (SSSR count). The van der Waals surface area contributed by atoms with Crippen molar-refractivity contribution in [1.29, 1.82) is 0 Å². The third-order valence-electron chi connectivity index (χ3n) is 2.44. The Morgan fingerprint density at radius 1 is 1.20 bits per heavy atom. The van der Waals surface area contributed by atoms with Gasteiger partial charge in [-0.05, 0) is 30.7 Å². The van der Waals surface area contributed by atoms with Crippen molar-refractivity contribution in [2.75, 3.05) is 10.5 Å². The number of pyridine rings is 1. The van der Waals surface area contributed by atoms with Gasteiger partial charge in [-0.25, -0.2) is 13.4 Å². The topological polar surface area (TPSA) is 85.1 Å².